The topological polar surface area (TPSA) is 43.4 Å². The van der Waals surface area contributed by atoms with Gasteiger partial charge in [0.25, 0.3) is 0 Å². The average molecular weight is 162 g/mol. The first-order valence-electron chi connectivity index (χ1n) is 3.16. The minimum Gasteiger partial charge on any atom is -0.372 e. The van der Waals surface area contributed by atoms with Gasteiger partial charge in [0.15, 0.2) is 9.84 Å². The number of ether oxygens (including phenoxy) is 1. The molecule has 1 aliphatic rings. The molecule has 0 amide bonds. The van der Waals surface area contributed by atoms with Crippen molar-refractivity contribution in [2.24, 2.45) is 0 Å². The summed E-state index contributed by atoms with van der Waals surface area (Å²) in [5.41, 5.74) is 0. The summed E-state index contributed by atoms with van der Waals surface area (Å²) in [6.45, 7) is 2.33. The molecule has 0 spiro atoms. The monoisotopic (exact) mass is 162 g/mol. The highest BCUT2D eigenvalue weighted by Gasteiger charge is 2.17. The first-order valence-corrected chi connectivity index (χ1v) is 4.81. The van der Waals surface area contributed by atoms with Gasteiger partial charge in [0.05, 0.1) is 23.9 Å². The highest BCUT2D eigenvalue weighted by Crippen LogP contribution is 2.12. The van der Waals surface area contributed by atoms with Crippen molar-refractivity contribution in [1.29, 1.82) is 0 Å². The molecule has 3 nitrogen and oxygen atoms in total. The molecule has 0 bridgehead atoms. The SMILES string of the molecule is CCS(=O)(=O)C1=CCOC1. The van der Waals surface area contributed by atoms with Crippen molar-refractivity contribution in [2.75, 3.05) is 19.0 Å². The van der Waals surface area contributed by atoms with Crippen LogP contribution in [0, 0.1) is 0 Å². The molecule has 0 saturated carbocycles. The Labute approximate surface area is 60.6 Å². The molecule has 0 radical (unpaired) electrons. The lowest BCUT2D eigenvalue weighted by molar-refractivity contribution is 0.211. The Bertz CT molecular complexity index is 238. The second-order valence-electron chi connectivity index (χ2n) is 2.09. The van der Waals surface area contributed by atoms with Crippen molar-refractivity contribution >= 4 is 9.84 Å². The quantitative estimate of drug-likeness (QED) is 0.588. The van der Waals surface area contributed by atoms with E-state index in [2.05, 4.69) is 0 Å². The molecule has 1 aliphatic heterocycles. The molecule has 0 aromatic rings. The maximum absolute atomic E-state index is 11.1. The zero-order valence-corrected chi connectivity index (χ0v) is 6.65. The summed E-state index contributed by atoms with van der Waals surface area (Å²) in [4.78, 5) is 0.440. The highest BCUT2D eigenvalue weighted by atomic mass is 32.2. The van der Waals surface area contributed by atoms with Crippen LogP contribution in [0.3, 0.4) is 0 Å². The lowest BCUT2D eigenvalue weighted by Crippen LogP contribution is -2.07. The molecular weight excluding hydrogens is 152 g/mol. The summed E-state index contributed by atoms with van der Waals surface area (Å²) in [6, 6.07) is 0. The van der Waals surface area contributed by atoms with Crippen molar-refractivity contribution in [3.05, 3.63) is 11.0 Å². The van der Waals surface area contributed by atoms with Crippen molar-refractivity contribution in [3.8, 4) is 0 Å². The first-order chi connectivity index (χ1) is 4.67. The van der Waals surface area contributed by atoms with Crippen LogP contribution in [-0.2, 0) is 14.6 Å². The van der Waals surface area contributed by atoms with Gasteiger partial charge in [-0.05, 0) is 6.08 Å². The Morgan fingerprint density at radius 2 is 2.40 bits per heavy atom. The molecule has 0 unspecified atom stereocenters. The standard InChI is InChI=1S/C6H10O3S/c1-2-10(7,8)6-3-4-9-5-6/h3H,2,4-5H2,1H3. The molecule has 1 rings (SSSR count). The van der Waals surface area contributed by atoms with Gasteiger partial charge in [-0.15, -0.1) is 0 Å². The van der Waals surface area contributed by atoms with Gasteiger partial charge in [0, 0.05) is 0 Å². The largest absolute Gasteiger partial charge is 0.372 e. The smallest absolute Gasteiger partial charge is 0.176 e. The summed E-state index contributed by atoms with van der Waals surface area (Å²) < 4.78 is 27.0. The lowest BCUT2D eigenvalue weighted by atomic mass is 10.6. The average Bonchev–Trinajstić information content (AvgIpc) is 2.38. The van der Waals surface area contributed by atoms with E-state index in [9.17, 15) is 8.42 Å². The Balaban J connectivity index is 2.83. The molecule has 0 N–H and O–H groups in total. The van der Waals surface area contributed by atoms with Crippen LogP contribution in [0.15, 0.2) is 11.0 Å². The van der Waals surface area contributed by atoms with Gasteiger partial charge in [-0.3, -0.25) is 0 Å². The second-order valence-corrected chi connectivity index (χ2v) is 4.42. The molecule has 0 aromatic heterocycles. The first kappa shape index (κ1) is 7.75. The minimum absolute atomic E-state index is 0.169. The van der Waals surface area contributed by atoms with E-state index in [0.29, 0.717) is 11.5 Å². The predicted octanol–water partition coefficient (Wildman–Crippen LogP) is 0.335. The van der Waals surface area contributed by atoms with Crippen LogP contribution in [0.1, 0.15) is 6.92 Å². The van der Waals surface area contributed by atoms with Gasteiger partial charge < -0.3 is 4.74 Å². The Morgan fingerprint density at radius 3 is 2.80 bits per heavy atom. The molecule has 0 atom stereocenters. The fourth-order valence-corrected chi connectivity index (χ4v) is 1.73. The van der Waals surface area contributed by atoms with Gasteiger partial charge in [-0.2, -0.15) is 0 Å². The maximum atomic E-state index is 11.1. The Morgan fingerprint density at radius 1 is 1.70 bits per heavy atom. The fourth-order valence-electron chi connectivity index (χ4n) is 0.772. The van der Waals surface area contributed by atoms with E-state index in [0.717, 1.165) is 0 Å². The third-order valence-corrected chi connectivity index (χ3v) is 3.30. The molecule has 58 valence electrons. The van der Waals surface area contributed by atoms with Crippen LogP contribution >= 0.6 is 0 Å². The van der Waals surface area contributed by atoms with E-state index in [1.54, 1.807) is 13.0 Å². The van der Waals surface area contributed by atoms with Gasteiger partial charge in [-0.1, -0.05) is 6.92 Å². The summed E-state index contributed by atoms with van der Waals surface area (Å²) in [5, 5.41) is 0. The molecule has 4 heteroatoms. The Hall–Kier alpha value is -0.350. The van der Waals surface area contributed by atoms with Crippen molar-refractivity contribution < 1.29 is 13.2 Å². The van der Waals surface area contributed by atoms with Crippen LogP contribution in [0.5, 0.6) is 0 Å². The fraction of sp³-hybridized carbons (Fsp3) is 0.667. The van der Waals surface area contributed by atoms with E-state index in [4.69, 9.17) is 4.74 Å². The zero-order valence-electron chi connectivity index (χ0n) is 5.83. The normalized spacial score (nSPS) is 19.1. The lowest BCUT2D eigenvalue weighted by Gasteiger charge is -1.98. The minimum atomic E-state index is -2.96. The molecule has 0 aliphatic carbocycles. The number of rotatable bonds is 2. The zero-order chi connectivity index (χ0) is 7.61. The van der Waals surface area contributed by atoms with Crippen molar-refractivity contribution in [3.63, 3.8) is 0 Å². The van der Waals surface area contributed by atoms with Crippen LogP contribution in [-0.4, -0.2) is 27.4 Å². The third-order valence-electron chi connectivity index (χ3n) is 1.45. The molecular formula is C6H10O3S. The van der Waals surface area contributed by atoms with E-state index in [1.807, 2.05) is 0 Å². The van der Waals surface area contributed by atoms with Crippen LogP contribution in [0.2, 0.25) is 0 Å². The van der Waals surface area contributed by atoms with Gasteiger partial charge >= 0.3 is 0 Å². The third kappa shape index (κ3) is 1.38. The van der Waals surface area contributed by atoms with Crippen LogP contribution in [0.25, 0.3) is 0 Å². The summed E-state index contributed by atoms with van der Waals surface area (Å²) >= 11 is 0. The van der Waals surface area contributed by atoms with Crippen LogP contribution < -0.4 is 0 Å². The maximum Gasteiger partial charge on any atom is 0.176 e. The van der Waals surface area contributed by atoms with Crippen molar-refractivity contribution in [2.45, 2.75) is 6.92 Å². The van der Waals surface area contributed by atoms with E-state index >= 15 is 0 Å². The van der Waals surface area contributed by atoms with Gasteiger partial charge in [0.1, 0.15) is 0 Å². The molecule has 1 heterocycles. The number of sulfone groups is 1. The summed E-state index contributed by atoms with van der Waals surface area (Å²) in [6.07, 6.45) is 1.62. The molecule has 0 saturated heterocycles. The number of hydrogen-bond donors (Lipinski definition) is 0. The molecule has 10 heavy (non-hydrogen) atoms. The van der Waals surface area contributed by atoms with E-state index < -0.39 is 9.84 Å². The molecule has 0 aromatic carbocycles. The number of hydrogen-bond acceptors (Lipinski definition) is 3. The molecule has 0 fully saturated rings. The predicted molar refractivity (Wildman–Crippen MR) is 38.4 cm³/mol. The highest BCUT2D eigenvalue weighted by molar-refractivity contribution is 7.95. The van der Waals surface area contributed by atoms with Crippen LogP contribution in [0.4, 0.5) is 0 Å². The van der Waals surface area contributed by atoms with E-state index in [-0.39, 0.29) is 12.4 Å². The summed E-state index contributed by atoms with van der Waals surface area (Å²) in [5.74, 6) is 0.169. The van der Waals surface area contributed by atoms with E-state index in [1.165, 1.54) is 0 Å². The summed E-state index contributed by atoms with van der Waals surface area (Å²) in [7, 11) is -2.96. The van der Waals surface area contributed by atoms with Gasteiger partial charge in [-0.25, -0.2) is 8.42 Å². The Kier molecular flexibility index (Phi) is 2.11. The second kappa shape index (κ2) is 2.72. The van der Waals surface area contributed by atoms with Gasteiger partial charge in [0.2, 0.25) is 0 Å². The van der Waals surface area contributed by atoms with Crippen molar-refractivity contribution in [1.82, 2.24) is 0 Å².